The van der Waals surface area contributed by atoms with Crippen molar-refractivity contribution in [2.45, 2.75) is 39.8 Å². The Morgan fingerprint density at radius 3 is 2.84 bits per heavy atom. The zero-order valence-corrected chi connectivity index (χ0v) is 18.4. The van der Waals surface area contributed by atoms with Gasteiger partial charge >= 0.3 is 0 Å². The molecule has 1 atom stereocenters. The lowest BCUT2D eigenvalue weighted by Crippen LogP contribution is -2.31. The predicted octanol–water partition coefficient (Wildman–Crippen LogP) is 2.15. The van der Waals surface area contributed by atoms with Gasteiger partial charge in [0.1, 0.15) is 24.0 Å². The first-order valence-corrected chi connectivity index (χ1v) is 10.5. The number of aryl methyl sites for hydroxylation is 3. The Balaban J connectivity index is 1.40. The molecule has 4 aromatic heterocycles. The van der Waals surface area contributed by atoms with Crippen LogP contribution in [-0.2, 0) is 13.6 Å². The summed E-state index contributed by atoms with van der Waals surface area (Å²) in [5.74, 6) is 1.53. The van der Waals surface area contributed by atoms with Crippen molar-refractivity contribution >= 4 is 17.1 Å². The van der Waals surface area contributed by atoms with Crippen molar-refractivity contribution in [3.8, 4) is 17.3 Å². The number of likely N-dealkylation sites (tertiary alicyclic amines) is 1. The molecule has 0 spiro atoms. The maximum atomic E-state index is 12.7. The monoisotopic (exact) mass is 436 g/mol. The first-order chi connectivity index (χ1) is 15.5. The number of imidazole rings is 1. The maximum Gasteiger partial charge on any atom is 0.276 e. The number of fused-ring (bicyclic) bond motifs is 1. The third-order valence-electron chi connectivity index (χ3n) is 5.92. The van der Waals surface area contributed by atoms with Crippen molar-refractivity contribution in [3.05, 3.63) is 36.1 Å². The highest BCUT2D eigenvalue weighted by molar-refractivity contribution is 5.93. The Morgan fingerprint density at radius 1 is 1.28 bits per heavy atom. The molecule has 1 aliphatic heterocycles. The molecule has 1 aliphatic rings. The molecule has 166 valence electrons. The van der Waals surface area contributed by atoms with Crippen LogP contribution in [0.15, 0.2) is 23.3 Å². The predicted molar refractivity (Wildman–Crippen MR) is 114 cm³/mol. The van der Waals surface area contributed by atoms with Gasteiger partial charge in [0.15, 0.2) is 23.3 Å². The Morgan fingerprint density at radius 2 is 2.12 bits per heavy atom. The van der Waals surface area contributed by atoms with E-state index in [0.29, 0.717) is 48.0 Å². The lowest BCUT2D eigenvalue weighted by atomic mass is 10.2. The van der Waals surface area contributed by atoms with Crippen LogP contribution in [0.1, 0.15) is 35.3 Å². The van der Waals surface area contributed by atoms with Gasteiger partial charge in [0, 0.05) is 32.3 Å². The Labute approximate surface area is 184 Å². The van der Waals surface area contributed by atoms with Crippen LogP contribution in [0.25, 0.3) is 22.6 Å². The fraction of sp³-hybridized carbons (Fsp3) is 0.429. The summed E-state index contributed by atoms with van der Waals surface area (Å²) in [5, 5.41) is 4.43. The van der Waals surface area contributed by atoms with Gasteiger partial charge in [0.05, 0.1) is 18.3 Å². The van der Waals surface area contributed by atoms with Gasteiger partial charge in [-0.05, 0) is 20.8 Å². The van der Waals surface area contributed by atoms with Crippen molar-refractivity contribution < 1.29 is 13.9 Å². The van der Waals surface area contributed by atoms with Gasteiger partial charge in [-0.1, -0.05) is 0 Å². The van der Waals surface area contributed by atoms with Crippen LogP contribution in [0, 0.1) is 13.8 Å². The number of rotatable bonds is 5. The summed E-state index contributed by atoms with van der Waals surface area (Å²) in [5.41, 5.74) is 3.59. The first-order valence-electron chi connectivity index (χ1n) is 10.5. The van der Waals surface area contributed by atoms with Crippen LogP contribution >= 0.6 is 0 Å². The number of hydrogen-bond donors (Lipinski definition) is 0. The molecule has 11 nitrogen and oxygen atoms in total. The van der Waals surface area contributed by atoms with E-state index in [4.69, 9.17) is 14.1 Å². The van der Waals surface area contributed by atoms with Gasteiger partial charge in [-0.25, -0.2) is 15.0 Å². The summed E-state index contributed by atoms with van der Waals surface area (Å²) in [6.07, 6.45) is 5.08. The fourth-order valence-electron chi connectivity index (χ4n) is 4.12. The first kappa shape index (κ1) is 20.2. The molecule has 11 heteroatoms. The zero-order chi connectivity index (χ0) is 22.4. The zero-order valence-electron chi connectivity index (χ0n) is 18.4. The van der Waals surface area contributed by atoms with Crippen molar-refractivity contribution in [2.24, 2.45) is 7.05 Å². The van der Waals surface area contributed by atoms with Crippen LogP contribution in [0.5, 0.6) is 5.88 Å². The lowest BCUT2D eigenvalue weighted by Gasteiger charge is -2.16. The second kappa shape index (κ2) is 7.74. The van der Waals surface area contributed by atoms with Crippen LogP contribution in [-0.4, -0.2) is 64.3 Å². The van der Waals surface area contributed by atoms with Crippen LogP contribution in [0.2, 0.25) is 0 Å². The maximum absolute atomic E-state index is 12.7. The number of aromatic nitrogens is 7. The standard InChI is InChI=1S/C21H24N8O3/c1-5-29-12(2)15(8-25-29)18-26-17-19(27(18)4)22-10-23-20(17)32-14-6-7-28(9-14)21(30)16-13(3)31-11-24-16/h8,10-11,14H,5-7,9H2,1-4H3. The lowest BCUT2D eigenvalue weighted by molar-refractivity contribution is 0.0764. The van der Waals surface area contributed by atoms with Gasteiger partial charge in [-0.15, -0.1) is 0 Å². The topological polar surface area (TPSA) is 117 Å². The van der Waals surface area contributed by atoms with Crippen LogP contribution in [0.3, 0.4) is 0 Å². The molecule has 1 unspecified atom stereocenters. The minimum atomic E-state index is -0.195. The normalized spacial score (nSPS) is 16.2. The molecule has 5 heterocycles. The third-order valence-corrected chi connectivity index (χ3v) is 5.92. The van der Waals surface area contributed by atoms with E-state index >= 15 is 0 Å². The smallest absolute Gasteiger partial charge is 0.276 e. The van der Waals surface area contributed by atoms with Crippen molar-refractivity contribution in [1.82, 2.24) is 39.2 Å². The average Bonchev–Trinajstić information content (AvgIpc) is 3.56. The molecular formula is C21H24N8O3. The molecule has 1 amide bonds. The summed E-state index contributed by atoms with van der Waals surface area (Å²) >= 11 is 0. The fourth-order valence-corrected chi connectivity index (χ4v) is 4.12. The quantitative estimate of drug-likeness (QED) is 0.467. The second-order valence-corrected chi connectivity index (χ2v) is 7.84. The summed E-state index contributed by atoms with van der Waals surface area (Å²) in [6.45, 7) is 7.61. The minimum absolute atomic E-state index is 0.154. The minimum Gasteiger partial charge on any atom is -0.471 e. The number of carbonyl (C=O) groups is 1. The molecule has 1 fully saturated rings. The van der Waals surface area contributed by atoms with E-state index in [1.54, 1.807) is 11.8 Å². The van der Waals surface area contributed by atoms with E-state index < -0.39 is 0 Å². The summed E-state index contributed by atoms with van der Waals surface area (Å²) in [6, 6.07) is 0. The van der Waals surface area contributed by atoms with Crippen LogP contribution in [0.4, 0.5) is 0 Å². The van der Waals surface area contributed by atoms with Crippen molar-refractivity contribution in [1.29, 1.82) is 0 Å². The van der Waals surface area contributed by atoms with E-state index in [1.165, 1.54) is 12.7 Å². The second-order valence-electron chi connectivity index (χ2n) is 7.84. The number of nitrogens with zero attached hydrogens (tertiary/aromatic N) is 8. The number of carbonyl (C=O) groups excluding carboxylic acids is 1. The number of hydrogen-bond acceptors (Lipinski definition) is 8. The molecule has 0 aromatic carbocycles. The van der Waals surface area contributed by atoms with Crippen molar-refractivity contribution in [3.63, 3.8) is 0 Å². The molecule has 0 bridgehead atoms. The van der Waals surface area contributed by atoms with Crippen molar-refractivity contribution in [2.75, 3.05) is 13.1 Å². The molecule has 1 saturated heterocycles. The molecule has 0 aliphatic carbocycles. The Kier molecular flexibility index (Phi) is 4.87. The van der Waals surface area contributed by atoms with Gasteiger partial charge in [-0.3, -0.25) is 9.48 Å². The van der Waals surface area contributed by atoms with E-state index in [2.05, 4.69) is 27.0 Å². The number of oxazole rings is 1. The summed E-state index contributed by atoms with van der Waals surface area (Å²) < 4.78 is 15.2. The number of ether oxygens (including phenoxy) is 1. The van der Waals surface area contributed by atoms with Crippen LogP contribution < -0.4 is 4.74 Å². The molecular weight excluding hydrogens is 412 g/mol. The molecule has 5 rings (SSSR count). The van der Waals surface area contributed by atoms with Gasteiger partial charge < -0.3 is 18.6 Å². The Hall–Kier alpha value is -3.76. The van der Waals surface area contributed by atoms with Gasteiger partial charge in [0.25, 0.3) is 5.91 Å². The highest BCUT2D eigenvalue weighted by Crippen LogP contribution is 2.30. The van der Waals surface area contributed by atoms with E-state index in [-0.39, 0.29) is 12.0 Å². The SMILES string of the molecule is CCn1ncc(-c2nc3c(OC4CCN(C(=O)c5ncoc5C)C4)ncnc3n2C)c1C. The molecule has 32 heavy (non-hydrogen) atoms. The average molecular weight is 436 g/mol. The van der Waals surface area contributed by atoms with Gasteiger partial charge in [-0.2, -0.15) is 10.1 Å². The number of amides is 1. The molecule has 0 radical (unpaired) electrons. The Bertz CT molecular complexity index is 1300. The van der Waals surface area contributed by atoms with Gasteiger partial charge in [0.2, 0.25) is 5.88 Å². The summed E-state index contributed by atoms with van der Waals surface area (Å²) in [7, 11) is 1.92. The highest BCUT2D eigenvalue weighted by atomic mass is 16.5. The molecule has 0 saturated carbocycles. The largest absolute Gasteiger partial charge is 0.471 e. The third kappa shape index (κ3) is 3.20. The molecule has 4 aromatic rings. The highest BCUT2D eigenvalue weighted by Gasteiger charge is 2.31. The summed E-state index contributed by atoms with van der Waals surface area (Å²) in [4.78, 5) is 32.0. The molecule has 0 N–H and O–H groups in total. The van der Waals surface area contributed by atoms with E-state index in [1.807, 2.05) is 29.4 Å². The van der Waals surface area contributed by atoms with E-state index in [0.717, 1.165) is 23.6 Å². The van der Waals surface area contributed by atoms with E-state index in [9.17, 15) is 4.79 Å².